The number of nitrogens with one attached hydrogen (secondary N) is 1. The molecule has 0 aromatic rings. The van der Waals surface area contributed by atoms with Crippen LogP contribution in [0.4, 0.5) is 0 Å². The van der Waals surface area contributed by atoms with Crippen LogP contribution in [0.2, 0.25) is 0 Å². The van der Waals surface area contributed by atoms with E-state index in [9.17, 15) is 8.42 Å². The maximum Gasteiger partial charge on any atom is 0.211 e. The van der Waals surface area contributed by atoms with Crippen molar-refractivity contribution in [2.75, 3.05) is 18.2 Å². The molecule has 0 radical (unpaired) electrons. The lowest BCUT2D eigenvalue weighted by atomic mass is 10.5. The van der Waals surface area contributed by atoms with E-state index >= 15 is 0 Å². The average molecular weight is 186 g/mol. The van der Waals surface area contributed by atoms with Crippen LogP contribution in [-0.4, -0.2) is 26.6 Å². The first-order chi connectivity index (χ1) is 4.62. The second-order valence-electron chi connectivity index (χ2n) is 1.84. The van der Waals surface area contributed by atoms with Gasteiger partial charge in [-0.3, -0.25) is 0 Å². The number of hydrogen-bond acceptors (Lipinski definition) is 2. The third kappa shape index (κ3) is 5.02. The maximum absolute atomic E-state index is 10.7. The Hall–Kier alpha value is 0.200. The monoisotopic (exact) mass is 185 g/mol. The van der Waals surface area contributed by atoms with E-state index in [2.05, 4.69) is 4.72 Å². The molecule has 0 saturated carbocycles. The second kappa shape index (κ2) is 4.93. The Morgan fingerprint density at radius 2 is 2.10 bits per heavy atom. The van der Waals surface area contributed by atoms with Gasteiger partial charge in [0.2, 0.25) is 10.0 Å². The number of alkyl halides is 1. The van der Waals surface area contributed by atoms with E-state index in [1.807, 2.05) is 0 Å². The summed E-state index contributed by atoms with van der Waals surface area (Å²) in [5, 5.41) is 0. The maximum atomic E-state index is 10.7. The van der Waals surface area contributed by atoms with E-state index in [-0.39, 0.29) is 5.75 Å². The number of halogens is 1. The van der Waals surface area contributed by atoms with Crippen molar-refractivity contribution in [2.24, 2.45) is 0 Å². The molecule has 0 unspecified atom stereocenters. The number of hydrogen-bond donors (Lipinski definition) is 1. The van der Waals surface area contributed by atoms with Gasteiger partial charge in [0, 0.05) is 12.4 Å². The Bertz CT molecular complexity index is 166. The topological polar surface area (TPSA) is 46.2 Å². The Morgan fingerprint density at radius 3 is 2.50 bits per heavy atom. The van der Waals surface area contributed by atoms with Gasteiger partial charge in [0.15, 0.2) is 0 Å². The van der Waals surface area contributed by atoms with Gasteiger partial charge in [0.05, 0.1) is 5.75 Å². The number of rotatable bonds is 5. The third-order valence-electron chi connectivity index (χ3n) is 1.01. The van der Waals surface area contributed by atoms with Crippen molar-refractivity contribution in [2.45, 2.75) is 13.3 Å². The molecule has 0 rings (SSSR count). The van der Waals surface area contributed by atoms with Gasteiger partial charge in [0.1, 0.15) is 0 Å². The second-order valence-corrected chi connectivity index (χ2v) is 4.31. The molecule has 0 aliphatic rings. The highest BCUT2D eigenvalue weighted by atomic mass is 35.5. The first kappa shape index (κ1) is 10.2. The average Bonchev–Trinajstić information content (AvgIpc) is 1.89. The minimum absolute atomic E-state index is 0.134. The molecule has 0 fully saturated rings. The largest absolute Gasteiger partial charge is 0.215 e. The Balaban J connectivity index is 3.49. The molecule has 0 saturated heterocycles. The van der Waals surface area contributed by atoms with Gasteiger partial charge >= 0.3 is 0 Å². The number of sulfonamides is 1. The Labute approximate surface area is 66.8 Å². The van der Waals surface area contributed by atoms with E-state index in [1.165, 1.54) is 0 Å². The van der Waals surface area contributed by atoms with Crippen molar-refractivity contribution in [1.29, 1.82) is 0 Å². The Morgan fingerprint density at radius 1 is 1.50 bits per heavy atom. The van der Waals surface area contributed by atoms with Crippen molar-refractivity contribution < 1.29 is 8.42 Å². The van der Waals surface area contributed by atoms with Crippen molar-refractivity contribution in [3.8, 4) is 0 Å². The summed E-state index contributed by atoms with van der Waals surface area (Å²) in [4.78, 5) is 0. The van der Waals surface area contributed by atoms with Gasteiger partial charge in [-0.25, -0.2) is 13.1 Å². The van der Waals surface area contributed by atoms with Crippen LogP contribution in [-0.2, 0) is 10.0 Å². The van der Waals surface area contributed by atoms with Crippen molar-refractivity contribution in [1.82, 2.24) is 4.72 Å². The quantitative estimate of drug-likeness (QED) is 0.503. The van der Waals surface area contributed by atoms with Gasteiger partial charge in [-0.05, 0) is 13.3 Å². The highest BCUT2D eigenvalue weighted by molar-refractivity contribution is 7.89. The smallest absolute Gasteiger partial charge is 0.211 e. The molecule has 62 valence electrons. The minimum atomic E-state index is -3.00. The molecule has 0 aliphatic heterocycles. The lowest BCUT2D eigenvalue weighted by molar-refractivity contribution is 0.582. The molecule has 0 heterocycles. The van der Waals surface area contributed by atoms with Gasteiger partial charge in [0.25, 0.3) is 0 Å². The predicted octanol–water partition coefficient (Wildman–Crippen LogP) is 0.555. The summed E-state index contributed by atoms with van der Waals surface area (Å²) in [5.41, 5.74) is 0. The molecular formula is C5H12ClNO2S. The van der Waals surface area contributed by atoms with Crippen LogP contribution >= 0.6 is 11.6 Å². The van der Waals surface area contributed by atoms with Gasteiger partial charge in [-0.15, -0.1) is 11.6 Å². The molecule has 0 aromatic heterocycles. The summed E-state index contributed by atoms with van der Waals surface area (Å²) in [5.74, 6) is 0.627. The SMILES string of the molecule is CCS(=O)(=O)NCCCCl. The van der Waals surface area contributed by atoms with Crippen molar-refractivity contribution >= 4 is 21.6 Å². The summed E-state index contributed by atoms with van der Waals surface area (Å²) in [7, 11) is -3.00. The molecule has 0 amide bonds. The summed E-state index contributed by atoms with van der Waals surface area (Å²) in [6, 6.07) is 0. The summed E-state index contributed by atoms with van der Waals surface area (Å²) in [6.07, 6.45) is 0.681. The van der Waals surface area contributed by atoms with Crippen LogP contribution in [0.25, 0.3) is 0 Å². The molecule has 0 aromatic carbocycles. The zero-order valence-electron chi connectivity index (χ0n) is 5.93. The van der Waals surface area contributed by atoms with Crippen molar-refractivity contribution in [3.05, 3.63) is 0 Å². The van der Waals surface area contributed by atoms with Crippen LogP contribution in [0.15, 0.2) is 0 Å². The van der Waals surface area contributed by atoms with E-state index in [1.54, 1.807) is 6.92 Å². The lowest BCUT2D eigenvalue weighted by Gasteiger charge is -2.00. The zero-order chi connectivity index (χ0) is 8.04. The molecule has 0 spiro atoms. The lowest BCUT2D eigenvalue weighted by Crippen LogP contribution is -2.26. The Kier molecular flexibility index (Phi) is 5.03. The molecule has 1 N–H and O–H groups in total. The fourth-order valence-electron chi connectivity index (χ4n) is 0.397. The molecule has 3 nitrogen and oxygen atoms in total. The van der Waals surface area contributed by atoms with E-state index in [4.69, 9.17) is 11.6 Å². The summed E-state index contributed by atoms with van der Waals surface area (Å²) < 4.78 is 23.8. The van der Waals surface area contributed by atoms with Crippen LogP contribution < -0.4 is 4.72 Å². The molecule has 5 heteroatoms. The van der Waals surface area contributed by atoms with Crippen LogP contribution in [0, 0.1) is 0 Å². The van der Waals surface area contributed by atoms with Crippen molar-refractivity contribution in [3.63, 3.8) is 0 Å². The summed E-state index contributed by atoms with van der Waals surface area (Å²) >= 11 is 5.34. The first-order valence-corrected chi connectivity index (χ1v) is 5.34. The molecule has 0 bridgehead atoms. The predicted molar refractivity (Wildman–Crippen MR) is 42.8 cm³/mol. The van der Waals surface area contributed by atoms with Crippen LogP contribution in [0.5, 0.6) is 0 Å². The molecular weight excluding hydrogens is 174 g/mol. The highest BCUT2D eigenvalue weighted by Crippen LogP contribution is 1.85. The van der Waals surface area contributed by atoms with Crippen LogP contribution in [0.1, 0.15) is 13.3 Å². The standard InChI is InChI=1S/C5H12ClNO2S/c1-2-10(8,9)7-5-3-4-6/h7H,2-5H2,1H3. The normalized spacial score (nSPS) is 11.8. The fraction of sp³-hybridized carbons (Fsp3) is 1.00. The minimum Gasteiger partial charge on any atom is -0.215 e. The van der Waals surface area contributed by atoms with Gasteiger partial charge < -0.3 is 0 Å². The van der Waals surface area contributed by atoms with E-state index in [0.717, 1.165) is 0 Å². The van der Waals surface area contributed by atoms with E-state index < -0.39 is 10.0 Å². The molecule has 0 atom stereocenters. The fourth-order valence-corrected chi connectivity index (χ4v) is 1.19. The third-order valence-corrected chi connectivity index (χ3v) is 2.68. The first-order valence-electron chi connectivity index (χ1n) is 3.15. The zero-order valence-corrected chi connectivity index (χ0v) is 7.50. The highest BCUT2D eigenvalue weighted by Gasteiger charge is 2.03. The van der Waals surface area contributed by atoms with Gasteiger partial charge in [-0.2, -0.15) is 0 Å². The van der Waals surface area contributed by atoms with Gasteiger partial charge in [-0.1, -0.05) is 0 Å². The van der Waals surface area contributed by atoms with Crippen LogP contribution in [0.3, 0.4) is 0 Å². The molecule has 10 heavy (non-hydrogen) atoms. The van der Waals surface area contributed by atoms with E-state index in [0.29, 0.717) is 18.8 Å². The molecule has 0 aliphatic carbocycles. The summed E-state index contributed by atoms with van der Waals surface area (Å²) in [6.45, 7) is 2.04.